The maximum Gasteiger partial charge on any atom is 0.306 e. The summed E-state index contributed by atoms with van der Waals surface area (Å²) in [6.45, 7) is 1.38. The van der Waals surface area contributed by atoms with Crippen LogP contribution in [0.3, 0.4) is 0 Å². The molecule has 0 aromatic carbocycles. The quantitative estimate of drug-likeness (QED) is 0.735. The Balaban J connectivity index is 1.86. The number of ether oxygens (including phenoxy) is 1. The van der Waals surface area contributed by atoms with Gasteiger partial charge in [0.15, 0.2) is 0 Å². The van der Waals surface area contributed by atoms with E-state index in [2.05, 4.69) is 5.32 Å². The molecule has 1 aliphatic carbocycles. The van der Waals surface area contributed by atoms with E-state index in [9.17, 15) is 4.79 Å². The lowest BCUT2D eigenvalue weighted by molar-refractivity contribution is -0.162. The standard InChI is InChI=1S/C11H19NO3/c13-10(14)6-11(7-12-8-11)15-9-4-2-1-3-5-9/h9,12H,1-8H2,(H,13,14). The topological polar surface area (TPSA) is 58.6 Å². The van der Waals surface area contributed by atoms with Crippen molar-refractivity contribution >= 4 is 5.97 Å². The van der Waals surface area contributed by atoms with Gasteiger partial charge in [0.25, 0.3) is 0 Å². The van der Waals surface area contributed by atoms with Crippen LogP contribution in [-0.4, -0.2) is 35.9 Å². The van der Waals surface area contributed by atoms with E-state index in [0.29, 0.717) is 19.2 Å². The van der Waals surface area contributed by atoms with Crippen LogP contribution in [0.25, 0.3) is 0 Å². The Labute approximate surface area is 90.0 Å². The van der Waals surface area contributed by atoms with E-state index in [1.165, 1.54) is 19.3 Å². The highest BCUT2D eigenvalue weighted by molar-refractivity contribution is 5.68. The van der Waals surface area contributed by atoms with Crippen molar-refractivity contribution in [3.8, 4) is 0 Å². The summed E-state index contributed by atoms with van der Waals surface area (Å²) in [6, 6.07) is 0. The number of carboxylic acids is 1. The lowest BCUT2D eigenvalue weighted by atomic mass is 9.90. The van der Waals surface area contributed by atoms with Crippen LogP contribution in [0.5, 0.6) is 0 Å². The molecule has 2 aliphatic rings. The predicted octanol–water partition coefficient (Wildman–Crippen LogP) is 1.15. The van der Waals surface area contributed by atoms with Gasteiger partial charge in [-0.3, -0.25) is 4.79 Å². The molecule has 2 N–H and O–H groups in total. The van der Waals surface area contributed by atoms with Crippen molar-refractivity contribution < 1.29 is 14.6 Å². The summed E-state index contributed by atoms with van der Waals surface area (Å²) in [7, 11) is 0. The Morgan fingerprint density at radius 1 is 1.33 bits per heavy atom. The van der Waals surface area contributed by atoms with Crippen molar-refractivity contribution in [1.82, 2.24) is 5.32 Å². The zero-order valence-electron chi connectivity index (χ0n) is 9.00. The van der Waals surface area contributed by atoms with Gasteiger partial charge in [-0.15, -0.1) is 0 Å². The number of carbonyl (C=O) groups is 1. The first-order chi connectivity index (χ1) is 7.20. The fourth-order valence-electron chi connectivity index (χ4n) is 2.47. The number of hydrogen-bond donors (Lipinski definition) is 2. The lowest BCUT2D eigenvalue weighted by Gasteiger charge is -2.44. The van der Waals surface area contributed by atoms with E-state index in [1.54, 1.807) is 0 Å². The number of nitrogens with one attached hydrogen (secondary N) is 1. The Bertz CT molecular complexity index is 232. The second-order valence-electron chi connectivity index (χ2n) is 4.73. The first-order valence-corrected chi connectivity index (χ1v) is 5.81. The van der Waals surface area contributed by atoms with Gasteiger partial charge in [0.1, 0.15) is 5.60 Å². The zero-order valence-corrected chi connectivity index (χ0v) is 9.00. The molecule has 0 radical (unpaired) electrons. The summed E-state index contributed by atoms with van der Waals surface area (Å²) in [5, 5.41) is 11.9. The first kappa shape index (κ1) is 10.9. The smallest absolute Gasteiger partial charge is 0.306 e. The molecule has 4 nitrogen and oxygen atoms in total. The zero-order chi connectivity index (χ0) is 10.7. The molecule has 4 heteroatoms. The van der Waals surface area contributed by atoms with Crippen LogP contribution in [0.4, 0.5) is 0 Å². The van der Waals surface area contributed by atoms with Gasteiger partial charge < -0.3 is 15.2 Å². The van der Waals surface area contributed by atoms with Gasteiger partial charge in [-0.2, -0.15) is 0 Å². The number of carboxylic acid groups (broad SMARTS) is 1. The molecule has 15 heavy (non-hydrogen) atoms. The molecule has 1 saturated carbocycles. The third-order valence-electron chi connectivity index (χ3n) is 3.34. The molecular weight excluding hydrogens is 194 g/mol. The number of hydrogen-bond acceptors (Lipinski definition) is 3. The number of rotatable bonds is 4. The van der Waals surface area contributed by atoms with Gasteiger partial charge in [-0.25, -0.2) is 0 Å². The summed E-state index contributed by atoms with van der Waals surface area (Å²) in [5.74, 6) is -0.757. The molecule has 0 atom stereocenters. The predicted molar refractivity (Wildman–Crippen MR) is 55.8 cm³/mol. The summed E-state index contributed by atoms with van der Waals surface area (Å²) in [5.41, 5.74) is -0.409. The van der Waals surface area contributed by atoms with Gasteiger partial charge in [0, 0.05) is 13.1 Å². The molecule has 0 aromatic heterocycles. The molecule has 2 fully saturated rings. The Kier molecular flexibility index (Phi) is 3.26. The fourth-order valence-corrected chi connectivity index (χ4v) is 2.47. The molecule has 1 aliphatic heterocycles. The van der Waals surface area contributed by atoms with E-state index in [1.807, 2.05) is 0 Å². The molecule has 1 saturated heterocycles. The number of aliphatic carboxylic acids is 1. The molecule has 0 unspecified atom stereocenters. The summed E-state index contributed by atoms with van der Waals surface area (Å²) < 4.78 is 5.98. The van der Waals surface area contributed by atoms with E-state index in [-0.39, 0.29) is 6.42 Å². The highest BCUT2D eigenvalue weighted by Gasteiger charge is 2.42. The lowest BCUT2D eigenvalue weighted by Crippen LogP contribution is -2.63. The maximum atomic E-state index is 10.7. The van der Waals surface area contributed by atoms with Crippen LogP contribution in [-0.2, 0) is 9.53 Å². The van der Waals surface area contributed by atoms with Crippen LogP contribution in [0, 0.1) is 0 Å². The second kappa shape index (κ2) is 4.49. The van der Waals surface area contributed by atoms with Gasteiger partial charge in [0.2, 0.25) is 0 Å². The normalized spacial score (nSPS) is 25.9. The van der Waals surface area contributed by atoms with Crippen molar-refractivity contribution in [2.75, 3.05) is 13.1 Å². The van der Waals surface area contributed by atoms with Crippen molar-refractivity contribution in [2.45, 2.75) is 50.2 Å². The average Bonchev–Trinajstić information content (AvgIpc) is 2.15. The van der Waals surface area contributed by atoms with Crippen molar-refractivity contribution in [3.05, 3.63) is 0 Å². The van der Waals surface area contributed by atoms with Crippen molar-refractivity contribution in [3.63, 3.8) is 0 Å². The Morgan fingerprint density at radius 3 is 2.47 bits per heavy atom. The average molecular weight is 213 g/mol. The summed E-state index contributed by atoms with van der Waals surface area (Å²) in [6.07, 6.45) is 6.37. The third-order valence-corrected chi connectivity index (χ3v) is 3.34. The van der Waals surface area contributed by atoms with Gasteiger partial charge in [0.05, 0.1) is 12.5 Å². The molecule has 86 valence electrons. The minimum Gasteiger partial charge on any atom is -0.481 e. The maximum absolute atomic E-state index is 10.7. The van der Waals surface area contributed by atoms with Crippen molar-refractivity contribution in [2.24, 2.45) is 0 Å². The highest BCUT2D eigenvalue weighted by Crippen LogP contribution is 2.29. The largest absolute Gasteiger partial charge is 0.481 e. The Hall–Kier alpha value is -0.610. The van der Waals surface area contributed by atoms with Crippen LogP contribution < -0.4 is 5.32 Å². The molecule has 0 amide bonds. The first-order valence-electron chi connectivity index (χ1n) is 5.81. The van der Waals surface area contributed by atoms with E-state index in [4.69, 9.17) is 9.84 Å². The van der Waals surface area contributed by atoms with E-state index < -0.39 is 11.6 Å². The fraction of sp³-hybridized carbons (Fsp3) is 0.909. The Morgan fingerprint density at radius 2 is 2.00 bits per heavy atom. The molecular formula is C11H19NO3. The SMILES string of the molecule is O=C(O)CC1(OC2CCCCC2)CNC1. The van der Waals surface area contributed by atoms with Crippen molar-refractivity contribution in [1.29, 1.82) is 0 Å². The molecule has 0 bridgehead atoms. The van der Waals surface area contributed by atoms with E-state index in [0.717, 1.165) is 12.8 Å². The monoisotopic (exact) mass is 213 g/mol. The van der Waals surface area contributed by atoms with Gasteiger partial charge in [-0.1, -0.05) is 19.3 Å². The summed E-state index contributed by atoms with van der Waals surface area (Å²) in [4.78, 5) is 10.7. The third kappa shape index (κ3) is 2.69. The minimum atomic E-state index is -0.757. The van der Waals surface area contributed by atoms with Crippen LogP contribution in [0.2, 0.25) is 0 Å². The molecule has 0 spiro atoms. The molecule has 0 aromatic rings. The highest BCUT2D eigenvalue weighted by atomic mass is 16.5. The van der Waals surface area contributed by atoms with Crippen LogP contribution in [0.15, 0.2) is 0 Å². The molecule has 1 heterocycles. The van der Waals surface area contributed by atoms with Gasteiger partial charge in [-0.05, 0) is 12.8 Å². The van der Waals surface area contributed by atoms with E-state index >= 15 is 0 Å². The second-order valence-corrected chi connectivity index (χ2v) is 4.73. The summed E-state index contributed by atoms with van der Waals surface area (Å²) >= 11 is 0. The minimum absolute atomic E-state index is 0.135. The molecule has 2 rings (SSSR count). The van der Waals surface area contributed by atoms with Crippen LogP contribution in [0.1, 0.15) is 38.5 Å². The van der Waals surface area contributed by atoms with Gasteiger partial charge >= 0.3 is 5.97 Å². The van der Waals surface area contributed by atoms with Crippen LogP contribution >= 0.6 is 0 Å².